The summed E-state index contributed by atoms with van der Waals surface area (Å²) in [4.78, 5) is 0. The maximum atomic E-state index is 0. The van der Waals surface area contributed by atoms with Crippen LogP contribution in [-0.4, -0.2) is 28.3 Å². The monoisotopic (exact) mass is 125 g/mol. The van der Waals surface area contributed by atoms with Gasteiger partial charge in [-0.1, -0.05) is 0 Å². The zero-order valence-corrected chi connectivity index (χ0v) is 2.56. The second-order valence-electron chi connectivity index (χ2n) is 0. The zero-order chi connectivity index (χ0) is 0. The van der Waals surface area contributed by atoms with E-state index < -0.39 is 0 Å². The van der Waals surface area contributed by atoms with Crippen LogP contribution in [0.1, 0.15) is 1.43 Å². The van der Waals surface area contributed by atoms with Crippen LogP contribution in [0.25, 0.3) is 0 Å². The van der Waals surface area contributed by atoms with E-state index in [9.17, 15) is 0 Å². The fraction of sp³-hybridized carbons (Fsp3) is 0. The second kappa shape index (κ2) is 20.9. The molecule has 0 aromatic heterocycles. The zero-order valence-electron chi connectivity index (χ0n) is 2.38. The van der Waals surface area contributed by atoms with Crippen molar-refractivity contribution in [2.24, 2.45) is 0 Å². The van der Waals surface area contributed by atoms with Gasteiger partial charge in [0.25, 0.3) is 0 Å². The molecule has 4 heteroatoms. The van der Waals surface area contributed by atoms with E-state index in [4.69, 9.17) is 0 Å². The average molecular weight is 125 g/mol. The van der Waals surface area contributed by atoms with Gasteiger partial charge < -0.3 is 1.43 Å². The van der Waals surface area contributed by atoms with Crippen LogP contribution in [0, 0.1) is 0 Å². The van der Waals surface area contributed by atoms with Crippen molar-refractivity contribution < 1.29 is 37.4 Å². The summed E-state index contributed by atoms with van der Waals surface area (Å²) in [7, 11) is 0. The molecule has 0 aliphatic rings. The first-order valence-electron chi connectivity index (χ1n) is 0. The predicted molar refractivity (Wildman–Crippen MR) is 22.4 cm³/mol. The largest absolute Gasteiger partial charge is 1.00 e. The molecule has 0 aromatic rings. The van der Waals surface area contributed by atoms with Gasteiger partial charge in [0.1, 0.15) is 0 Å². The Bertz CT molecular complexity index is 11.6. The van der Waals surface area contributed by atoms with Gasteiger partial charge in [0.05, 0.1) is 0 Å². The van der Waals surface area contributed by atoms with Crippen molar-refractivity contribution in [2.45, 2.75) is 0 Å². The Morgan fingerprint density at radius 3 is 1.25 bits per heavy atom. The van der Waals surface area contributed by atoms with Gasteiger partial charge in [-0.3, -0.25) is 0 Å². The average Bonchev–Trinajstić information content (AvgIpc) is 0. The molecule has 0 saturated carbocycles. The van der Waals surface area contributed by atoms with Crippen LogP contribution in [0.5, 0.6) is 0 Å². The van der Waals surface area contributed by atoms with Crippen LogP contribution in [0.4, 0.5) is 0 Å². The normalized spacial score (nSPS) is 0. The summed E-state index contributed by atoms with van der Waals surface area (Å²) in [6.07, 6.45) is 0. The Balaban J connectivity index is 0. The third-order valence-electron chi connectivity index (χ3n) is 0. The third kappa shape index (κ3) is 9.12. The topological polar surface area (TPSA) is 0 Å². The van der Waals surface area contributed by atoms with Crippen molar-refractivity contribution in [3.8, 4) is 0 Å². The first-order valence-corrected chi connectivity index (χ1v) is 0. The van der Waals surface area contributed by atoms with Gasteiger partial charge in [-0.2, -0.15) is 0 Å². The molecular formula is H8AlLiMnSi. The second-order valence-corrected chi connectivity index (χ2v) is 0. The molecule has 0 heterocycles. The molecule has 0 aliphatic carbocycles. The maximum absolute atomic E-state index is 0. The van der Waals surface area contributed by atoms with Crippen molar-refractivity contribution in [2.75, 3.05) is 0 Å². The molecule has 23 valence electrons. The van der Waals surface area contributed by atoms with Gasteiger partial charge in [-0.25, -0.2) is 0 Å². The minimum absolute atomic E-state index is 0. The summed E-state index contributed by atoms with van der Waals surface area (Å²) >= 11 is 0. The molecule has 0 saturated heterocycles. The first kappa shape index (κ1) is 39.9. The van der Waals surface area contributed by atoms with E-state index in [0.29, 0.717) is 0 Å². The molecule has 0 bridgehead atoms. The molecule has 0 fully saturated rings. The summed E-state index contributed by atoms with van der Waals surface area (Å²) in [5, 5.41) is 0. The predicted octanol–water partition coefficient (Wildman–Crippen LogP) is -5.52. The molecular weight excluding hydrogens is 117 g/mol. The Morgan fingerprint density at radius 1 is 1.25 bits per heavy atom. The summed E-state index contributed by atoms with van der Waals surface area (Å²) in [5.74, 6) is 0. The third-order valence-corrected chi connectivity index (χ3v) is 0. The van der Waals surface area contributed by atoms with E-state index in [0.717, 1.165) is 0 Å². The molecule has 0 aromatic carbocycles. The molecule has 0 atom stereocenters. The maximum Gasteiger partial charge on any atom is 1.00 e. The van der Waals surface area contributed by atoms with Crippen LogP contribution in [0.2, 0.25) is 0 Å². The van der Waals surface area contributed by atoms with Gasteiger partial charge in [-0.05, 0) is 11.0 Å². The standard InChI is InChI=1S/Al.Li.Mn.H4Si.4H/h;;;1H4;;;;/q;+1;;;;;;-1. The molecule has 0 rings (SSSR count). The van der Waals surface area contributed by atoms with Gasteiger partial charge in [0.2, 0.25) is 0 Å². The van der Waals surface area contributed by atoms with Gasteiger partial charge in [0.15, 0.2) is 17.4 Å². The van der Waals surface area contributed by atoms with Crippen LogP contribution in [0.3, 0.4) is 0 Å². The van der Waals surface area contributed by atoms with Crippen molar-refractivity contribution in [3.05, 3.63) is 0 Å². The van der Waals surface area contributed by atoms with Crippen molar-refractivity contribution in [3.63, 3.8) is 0 Å². The Morgan fingerprint density at radius 2 is 1.25 bits per heavy atom. The molecule has 0 spiro atoms. The fourth-order valence-corrected chi connectivity index (χ4v) is 0. The van der Waals surface area contributed by atoms with E-state index in [1.165, 1.54) is 0 Å². The van der Waals surface area contributed by atoms with Crippen molar-refractivity contribution in [1.29, 1.82) is 0 Å². The Hall–Kier alpha value is 1.87. The van der Waals surface area contributed by atoms with Gasteiger partial charge >= 0.3 is 18.9 Å². The van der Waals surface area contributed by atoms with Gasteiger partial charge in [0, 0.05) is 17.1 Å². The smallest absolute Gasteiger partial charge is 1.00 e. The van der Waals surface area contributed by atoms with Crippen molar-refractivity contribution in [1.82, 2.24) is 0 Å². The summed E-state index contributed by atoms with van der Waals surface area (Å²) < 4.78 is 0. The number of hydrogen-bond donors (Lipinski definition) is 0. The van der Waals surface area contributed by atoms with E-state index in [1.54, 1.807) is 0 Å². The Kier molecular flexibility index (Phi) is 208. The summed E-state index contributed by atoms with van der Waals surface area (Å²) in [6, 6.07) is 0. The first-order chi connectivity index (χ1) is 0. The van der Waals surface area contributed by atoms with Crippen LogP contribution in [0.15, 0.2) is 0 Å². The van der Waals surface area contributed by atoms with E-state index in [-0.39, 0.29) is 65.7 Å². The molecule has 0 N–H and O–H groups in total. The minimum atomic E-state index is 0. The summed E-state index contributed by atoms with van der Waals surface area (Å²) in [5.41, 5.74) is 0. The number of hydrogen-bond acceptors (Lipinski definition) is 0. The molecule has 0 aliphatic heterocycles. The quantitative estimate of drug-likeness (QED) is 0.283. The van der Waals surface area contributed by atoms with E-state index >= 15 is 0 Å². The minimum Gasteiger partial charge on any atom is -1.00 e. The van der Waals surface area contributed by atoms with Crippen molar-refractivity contribution >= 4 is 28.3 Å². The Labute approximate surface area is 65.4 Å². The van der Waals surface area contributed by atoms with E-state index in [1.807, 2.05) is 0 Å². The van der Waals surface area contributed by atoms with Crippen LogP contribution in [-0.2, 0) is 17.1 Å². The van der Waals surface area contributed by atoms with Crippen LogP contribution >= 0.6 is 0 Å². The fourth-order valence-electron chi connectivity index (χ4n) is 0. The van der Waals surface area contributed by atoms with Crippen LogP contribution < -0.4 is 18.9 Å². The molecule has 0 nitrogen and oxygen atoms in total. The SMILES string of the molecule is [AlH3].[H-].[Li+].[Mn].[SiH4]. The van der Waals surface area contributed by atoms with E-state index in [2.05, 4.69) is 0 Å². The molecule has 0 amide bonds. The number of rotatable bonds is 0. The van der Waals surface area contributed by atoms with Gasteiger partial charge in [-0.15, -0.1) is 0 Å². The molecule has 1 radical (unpaired) electrons. The summed E-state index contributed by atoms with van der Waals surface area (Å²) in [6.45, 7) is 0. The molecule has 0 unspecified atom stereocenters. The molecule has 4 heavy (non-hydrogen) atoms.